The molecule has 0 aliphatic carbocycles. The van der Waals surface area contributed by atoms with Crippen molar-refractivity contribution in [2.75, 3.05) is 18.1 Å². The molecule has 21 heavy (non-hydrogen) atoms. The summed E-state index contributed by atoms with van der Waals surface area (Å²) >= 11 is 0. The van der Waals surface area contributed by atoms with E-state index in [1.165, 1.54) is 0 Å². The maximum Gasteiger partial charge on any atom is 0.325 e. The minimum Gasteiger partial charge on any atom is -0.465 e. The van der Waals surface area contributed by atoms with Gasteiger partial charge in [-0.1, -0.05) is 24.3 Å². The largest absolute Gasteiger partial charge is 0.465 e. The first-order chi connectivity index (χ1) is 10.0. The number of hydrogen-bond acceptors (Lipinski definition) is 5. The summed E-state index contributed by atoms with van der Waals surface area (Å²) in [6.45, 7) is 8.34. The minimum atomic E-state index is -0.252. The van der Waals surface area contributed by atoms with Crippen molar-refractivity contribution in [3.63, 3.8) is 0 Å². The first-order valence-electron chi connectivity index (χ1n) is 7.18. The lowest BCUT2D eigenvalue weighted by Crippen LogP contribution is -2.37. The molecular formula is C16H21N3O2. The molecule has 2 aromatic rings. The van der Waals surface area contributed by atoms with E-state index in [-0.39, 0.29) is 18.6 Å². The summed E-state index contributed by atoms with van der Waals surface area (Å²) in [6, 6.07) is 8.09. The average Bonchev–Trinajstić information content (AvgIpc) is 2.46. The van der Waals surface area contributed by atoms with E-state index in [2.05, 4.69) is 10.2 Å². The molecule has 1 aromatic carbocycles. The van der Waals surface area contributed by atoms with E-state index in [1.54, 1.807) is 6.92 Å². The molecular weight excluding hydrogens is 266 g/mol. The van der Waals surface area contributed by atoms with Gasteiger partial charge in [0.25, 0.3) is 0 Å². The Bertz CT molecular complexity index is 640. The Morgan fingerprint density at radius 2 is 1.90 bits per heavy atom. The Labute approximate surface area is 124 Å². The second kappa shape index (κ2) is 6.52. The number of carbonyl (C=O) groups is 1. The van der Waals surface area contributed by atoms with Crippen LogP contribution in [0.3, 0.4) is 0 Å². The number of carbonyl (C=O) groups excluding carboxylic acids is 1. The summed E-state index contributed by atoms with van der Waals surface area (Å²) in [4.78, 5) is 13.7. The predicted octanol–water partition coefficient (Wildman–Crippen LogP) is 2.72. The van der Waals surface area contributed by atoms with Crippen molar-refractivity contribution in [3.8, 4) is 0 Å². The number of esters is 1. The highest BCUT2D eigenvalue weighted by molar-refractivity contribution is 5.94. The lowest BCUT2D eigenvalue weighted by molar-refractivity contribution is -0.141. The van der Waals surface area contributed by atoms with E-state index in [4.69, 9.17) is 4.74 Å². The summed E-state index contributed by atoms with van der Waals surface area (Å²) in [7, 11) is 0. The number of nitrogens with zero attached hydrogens (tertiary/aromatic N) is 3. The van der Waals surface area contributed by atoms with Crippen molar-refractivity contribution >= 4 is 22.6 Å². The highest BCUT2D eigenvalue weighted by atomic mass is 16.5. The normalized spacial score (nSPS) is 10.9. The van der Waals surface area contributed by atoms with Gasteiger partial charge in [-0.15, -0.1) is 5.10 Å². The first kappa shape index (κ1) is 15.2. The zero-order valence-corrected chi connectivity index (χ0v) is 13.0. The van der Waals surface area contributed by atoms with Crippen LogP contribution in [0.1, 0.15) is 26.5 Å². The fraction of sp³-hybridized carbons (Fsp3) is 0.438. The van der Waals surface area contributed by atoms with Gasteiger partial charge in [0.15, 0.2) is 5.82 Å². The maximum atomic E-state index is 11.8. The monoisotopic (exact) mass is 287 g/mol. The van der Waals surface area contributed by atoms with E-state index in [9.17, 15) is 4.79 Å². The molecule has 0 radical (unpaired) electrons. The van der Waals surface area contributed by atoms with Gasteiger partial charge in [0.1, 0.15) is 6.54 Å². The standard InChI is InChI=1S/C16H21N3O2/c1-5-21-15(20)10-19(11(2)3)16-14-9-7-6-8-13(14)12(4)17-18-16/h6-9,11H,5,10H2,1-4H3. The third kappa shape index (κ3) is 3.29. The van der Waals surface area contributed by atoms with Crippen molar-refractivity contribution in [1.82, 2.24) is 10.2 Å². The number of rotatable bonds is 5. The summed E-state index contributed by atoms with van der Waals surface area (Å²) < 4.78 is 5.05. The summed E-state index contributed by atoms with van der Waals surface area (Å²) in [5.41, 5.74) is 0.884. The molecule has 0 spiro atoms. The zero-order chi connectivity index (χ0) is 15.4. The van der Waals surface area contributed by atoms with Crippen molar-refractivity contribution in [1.29, 1.82) is 0 Å². The SMILES string of the molecule is CCOC(=O)CN(c1nnc(C)c2ccccc12)C(C)C. The summed E-state index contributed by atoms with van der Waals surface area (Å²) in [5, 5.41) is 10.6. The number of aromatic nitrogens is 2. The molecule has 0 unspecified atom stereocenters. The highest BCUT2D eigenvalue weighted by Crippen LogP contribution is 2.26. The van der Waals surface area contributed by atoms with Crippen LogP contribution in [0.5, 0.6) is 0 Å². The fourth-order valence-electron chi connectivity index (χ4n) is 2.28. The molecule has 2 rings (SSSR count). The molecule has 0 saturated heterocycles. The van der Waals surface area contributed by atoms with Crippen LogP contribution >= 0.6 is 0 Å². The lowest BCUT2D eigenvalue weighted by Gasteiger charge is -2.27. The van der Waals surface area contributed by atoms with Crippen LogP contribution in [0.15, 0.2) is 24.3 Å². The maximum absolute atomic E-state index is 11.8. The van der Waals surface area contributed by atoms with Gasteiger partial charge in [-0.05, 0) is 27.7 Å². The highest BCUT2D eigenvalue weighted by Gasteiger charge is 2.20. The summed E-state index contributed by atoms with van der Waals surface area (Å²) in [6.07, 6.45) is 0. The van der Waals surface area contributed by atoms with Crippen LogP contribution in [0.2, 0.25) is 0 Å². The molecule has 0 aliphatic rings. The number of ether oxygens (including phenoxy) is 1. The summed E-state index contributed by atoms with van der Waals surface area (Å²) in [5.74, 6) is 0.469. The predicted molar refractivity (Wildman–Crippen MR) is 83.4 cm³/mol. The molecule has 0 N–H and O–H groups in total. The average molecular weight is 287 g/mol. The molecule has 0 bridgehead atoms. The molecule has 1 aromatic heterocycles. The second-order valence-corrected chi connectivity index (χ2v) is 5.18. The van der Waals surface area contributed by atoms with Crippen molar-refractivity contribution in [3.05, 3.63) is 30.0 Å². The Balaban J connectivity index is 2.46. The Kier molecular flexibility index (Phi) is 4.73. The molecule has 112 valence electrons. The van der Waals surface area contributed by atoms with Gasteiger partial charge in [0, 0.05) is 16.8 Å². The van der Waals surface area contributed by atoms with Gasteiger partial charge >= 0.3 is 5.97 Å². The van der Waals surface area contributed by atoms with E-state index >= 15 is 0 Å². The number of fused-ring (bicyclic) bond motifs is 1. The number of aryl methyl sites for hydroxylation is 1. The van der Waals surface area contributed by atoms with E-state index in [1.807, 2.05) is 49.9 Å². The Morgan fingerprint density at radius 3 is 2.52 bits per heavy atom. The van der Waals surface area contributed by atoms with E-state index in [0.29, 0.717) is 6.61 Å². The van der Waals surface area contributed by atoms with Crippen LogP contribution < -0.4 is 4.90 Å². The van der Waals surface area contributed by atoms with Crippen LogP contribution in [-0.2, 0) is 9.53 Å². The Hall–Kier alpha value is -2.17. The topological polar surface area (TPSA) is 55.3 Å². The van der Waals surface area contributed by atoms with Gasteiger partial charge in [-0.25, -0.2) is 0 Å². The quantitative estimate of drug-likeness (QED) is 0.791. The number of anilines is 1. The molecule has 0 fully saturated rings. The van der Waals surface area contributed by atoms with Crippen molar-refractivity contribution in [2.45, 2.75) is 33.7 Å². The third-order valence-electron chi connectivity index (χ3n) is 3.35. The van der Waals surface area contributed by atoms with Crippen LogP contribution in [0.25, 0.3) is 10.8 Å². The third-order valence-corrected chi connectivity index (χ3v) is 3.35. The van der Waals surface area contributed by atoms with Gasteiger partial charge in [-0.2, -0.15) is 5.10 Å². The minimum absolute atomic E-state index is 0.120. The van der Waals surface area contributed by atoms with Crippen molar-refractivity contribution < 1.29 is 9.53 Å². The van der Waals surface area contributed by atoms with E-state index in [0.717, 1.165) is 22.3 Å². The van der Waals surface area contributed by atoms with Gasteiger partial charge < -0.3 is 9.64 Å². The number of benzene rings is 1. The van der Waals surface area contributed by atoms with Crippen molar-refractivity contribution in [2.24, 2.45) is 0 Å². The molecule has 0 aliphatic heterocycles. The fourth-order valence-corrected chi connectivity index (χ4v) is 2.28. The molecule has 5 heteroatoms. The molecule has 0 saturated carbocycles. The van der Waals surface area contributed by atoms with Crippen LogP contribution in [0.4, 0.5) is 5.82 Å². The van der Waals surface area contributed by atoms with Gasteiger partial charge in [0.2, 0.25) is 0 Å². The smallest absolute Gasteiger partial charge is 0.325 e. The van der Waals surface area contributed by atoms with Gasteiger partial charge in [-0.3, -0.25) is 4.79 Å². The molecule has 0 atom stereocenters. The van der Waals surface area contributed by atoms with Crippen LogP contribution in [0, 0.1) is 6.92 Å². The second-order valence-electron chi connectivity index (χ2n) is 5.18. The van der Waals surface area contributed by atoms with Gasteiger partial charge in [0.05, 0.1) is 12.3 Å². The number of hydrogen-bond donors (Lipinski definition) is 0. The molecule has 1 heterocycles. The van der Waals surface area contributed by atoms with E-state index < -0.39 is 0 Å². The molecule has 5 nitrogen and oxygen atoms in total. The van der Waals surface area contributed by atoms with Crippen LogP contribution in [-0.4, -0.2) is 35.4 Å². The lowest BCUT2D eigenvalue weighted by atomic mass is 10.1. The Morgan fingerprint density at radius 1 is 1.24 bits per heavy atom. The molecule has 0 amide bonds. The first-order valence-corrected chi connectivity index (χ1v) is 7.18. The zero-order valence-electron chi connectivity index (χ0n) is 13.0.